The minimum Gasteiger partial charge on any atom is -0.455 e. The first-order chi connectivity index (χ1) is 13.8. The van der Waals surface area contributed by atoms with Crippen molar-refractivity contribution in [2.45, 2.75) is 25.7 Å². The number of carbonyl (C=O) groups excluding carboxylic acids is 3. The molecular formula is C21H21NO6S. The van der Waals surface area contributed by atoms with Crippen LogP contribution in [0.1, 0.15) is 28.4 Å². The Balaban J connectivity index is 1.53. The summed E-state index contributed by atoms with van der Waals surface area (Å²) in [6.07, 6.45) is 0. The molecule has 3 rings (SSSR count). The van der Waals surface area contributed by atoms with E-state index in [9.17, 15) is 14.4 Å². The molecule has 1 aliphatic heterocycles. The number of fused-ring (bicyclic) bond motifs is 1. The molecule has 29 heavy (non-hydrogen) atoms. The number of ether oxygens (including phenoxy) is 3. The zero-order valence-electron chi connectivity index (χ0n) is 16.4. The molecule has 1 heterocycles. The number of hydrogen-bond acceptors (Lipinski definition) is 7. The van der Waals surface area contributed by atoms with Crippen molar-refractivity contribution in [3.63, 3.8) is 0 Å². The van der Waals surface area contributed by atoms with Crippen LogP contribution in [0.4, 0.5) is 5.69 Å². The number of aryl methyl sites for hydroxylation is 2. The first kappa shape index (κ1) is 20.7. The molecule has 0 aliphatic carbocycles. The summed E-state index contributed by atoms with van der Waals surface area (Å²) in [5, 5.41) is 2.59. The predicted octanol–water partition coefficient (Wildman–Crippen LogP) is 3.51. The maximum absolute atomic E-state index is 12.2. The van der Waals surface area contributed by atoms with E-state index in [0.29, 0.717) is 17.1 Å². The van der Waals surface area contributed by atoms with E-state index in [1.165, 1.54) is 30.8 Å². The average molecular weight is 415 g/mol. The molecule has 1 amide bonds. The van der Waals surface area contributed by atoms with Gasteiger partial charge in [-0.25, -0.2) is 0 Å². The van der Waals surface area contributed by atoms with Crippen molar-refractivity contribution in [1.29, 1.82) is 0 Å². The highest BCUT2D eigenvalue weighted by Crippen LogP contribution is 2.37. The number of rotatable bonds is 7. The lowest BCUT2D eigenvalue weighted by molar-refractivity contribution is -0.144. The highest BCUT2D eigenvalue weighted by atomic mass is 32.2. The third kappa shape index (κ3) is 5.29. The van der Waals surface area contributed by atoms with Gasteiger partial charge in [-0.15, -0.1) is 11.8 Å². The van der Waals surface area contributed by atoms with Crippen molar-refractivity contribution in [2.75, 3.05) is 24.5 Å². The van der Waals surface area contributed by atoms with Crippen molar-refractivity contribution >= 4 is 35.1 Å². The Bertz CT molecular complexity index is 972. The van der Waals surface area contributed by atoms with E-state index in [-0.39, 0.29) is 24.0 Å². The lowest BCUT2D eigenvalue weighted by Gasteiger charge is -2.11. The maximum Gasteiger partial charge on any atom is 0.316 e. The van der Waals surface area contributed by atoms with Crippen LogP contribution in [-0.4, -0.2) is 36.8 Å². The Kier molecular flexibility index (Phi) is 6.43. The number of amides is 1. The molecule has 2 aromatic rings. The highest BCUT2D eigenvalue weighted by Gasteiger charge is 2.20. The van der Waals surface area contributed by atoms with Crippen LogP contribution in [0.2, 0.25) is 0 Å². The number of ketones is 1. The number of anilines is 1. The van der Waals surface area contributed by atoms with E-state index in [1.54, 1.807) is 0 Å². The summed E-state index contributed by atoms with van der Waals surface area (Å²) in [5.41, 5.74) is 2.81. The van der Waals surface area contributed by atoms with E-state index >= 15 is 0 Å². The number of benzene rings is 2. The van der Waals surface area contributed by atoms with Gasteiger partial charge in [-0.1, -0.05) is 17.7 Å². The van der Waals surface area contributed by atoms with Gasteiger partial charge < -0.3 is 19.5 Å². The lowest BCUT2D eigenvalue weighted by Crippen LogP contribution is -2.22. The zero-order chi connectivity index (χ0) is 21.0. The number of carbonyl (C=O) groups is 3. The molecule has 152 valence electrons. The fourth-order valence-electron chi connectivity index (χ4n) is 2.81. The standard InChI is InChI=1S/C21H21NO6S/c1-12-4-5-19(13(2)6-12)29-10-21(25)26-9-20(24)22-16-8-18-17(27-11-28-18)7-15(16)14(3)23/h4-8H,9-11H2,1-3H3,(H,22,24). The fourth-order valence-corrected chi connectivity index (χ4v) is 3.62. The quantitative estimate of drug-likeness (QED) is 0.420. The monoisotopic (exact) mass is 415 g/mol. The molecule has 0 aromatic heterocycles. The summed E-state index contributed by atoms with van der Waals surface area (Å²) in [5.74, 6) is -0.297. The number of nitrogens with one attached hydrogen (secondary N) is 1. The molecule has 2 aromatic carbocycles. The van der Waals surface area contributed by atoms with Crippen LogP contribution in [-0.2, 0) is 14.3 Å². The van der Waals surface area contributed by atoms with Crippen LogP contribution >= 0.6 is 11.8 Å². The van der Waals surface area contributed by atoms with Gasteiger partial charge in [0.1, 0.15) is 0 Å². The predicted molar refractivity (Wildman–Crippen MR) is 109 cm³/mol. The number of Topliss-reactive ketones (excluding diaryl/α,β-unsaturated/α-hetero) is 1. The molecule has 1 aliphatic rings. The molecule has 0 radical (unpaired) electrons. The third-order valence-corrected chi connectivity index (χ3v) is 5.36. The van der Waals surface area contributed by atoms with Crippen LogP contribution in [0.5, 0.6) is 11.5 Å². The Labute approximate surface area is 172 Å². The SMILES string of the molecule is CC(=O)c1cc2c(cc1NC(=O)COC(=O)CSc1ccc(C)cc1C)OCO2. The summed E-state index contributed by atoms with van der Waals surface area (Å²) >= 11 is 1.36. The highest BCUT2D eigenvalue weighted by molar-refractivity contribution is 8.00. The van der Waals surface area contributed by atoms with Gasteiger partial charge in [0, 0.05) is 16.5 Å². The van der Waals surface area contributed by atoms with Crippen molar-refractivity contribution in [3.05, 3.63) is 47.0 Å². The summed E-state index contributed by atoms with van der Waals surface area (Å²) in [6.45, 7) is 4.98. The van der Waals surface area contributed by atoms with E-state index in [1.807, 2.05) is 32.0 Å². The van der Waals surface area contributed by atoms with Gasteiger partial charge in [0.25, 0.3) is 5.91 Å². The second-order valence-electron chi connectivity index (χ2n) is 6.57. The summed E-state index contributed by atoms with van der Waals surface area (Å²) in [6, 6.07) is 9.02. The molecule has 0 atom stereocenters. The molecule has 8 heteroatoms. The van der Waals surface area contributed by atoms with Crippen LogP contribution in [0, 0.1) is 13.8 Å². The Morgan fingerprint density at radius 1 is 1.10 bits per heavy atom. The van der Waals surface area contributed by atoms with E-state index in [0.717, 1.165) is 16.0 Å². The van der Waals surface area contributed by atoms with Gasteiger partial charge >= 0.3 is 5.97 Å². The molecule has 0 saturated carbocycles. The summed E-state index contributed by atoms with van der Waals surface area (Å²) < 4.78 is 15.6. The van der Waals surface area contributed by atoms with Crippen LogP contribution in [0.3, 0.4) is 0 Å². The number of hydrogen-bond donors (Lipinski definition) is 1. The second-order valence-corrected chi connectivity index (χ2v) is 7.59. The zero-order valence-corrected chi connectivity index (χ0v) is 17.2. The first-order valence-corrected chi connectivity index (χ1v) is 9.92. The molecule has 0 spiro atoms. The summed E-state index contributed by atoms with van der Waals surface area (Å²) in [4.78, 5) is 37.0. The Morgan fingerprint density at radius 3 is 2.52 bits per heavy atom. The van der Waals surface area contributed by atoms with Crippen molar-refractivity contribution in [3.8, 4) is 11.5 Å². The van der Waals surface area contributed by atoms with Gasteiger partial charge in [0.15, 0.2) is 23.9 Å². The Morgan fingerprint density at radius 2 is 1.83 bits per heavy atom. The first-order valence-electron chi connectivity index (χ1n) is 8.93. The molecule has 0 unspecified atom stereocenters. The third-order valence-electron chi connectivity index (χ3n) is 4.21. The topological polar surface area (TPSA) is 90.9 Å². The maximum atomic E-state index is 12.2. The molecule has 0 saturated heterocycles. The second kappa shape index (κ2) is 9.00. The van der Waals surface area contributed by atoms with Gasteiger partial charge in [-0.3, -0.25) is 14.4 Å². The largest absolute Gasteiger partial charge is 0.455 e. The Hall–Kier alpha value is -3.00. The average Bonchev–Trinajstić information content (AvgIpc) is 3.12. The molecule has 0 fully saturated rings. The smallest absolute Gasteiger partial charge is 0.316 e. The number of esters is 1. The lowest BCUT2D eigenvalue weighted by atomic mass is 10.1. The molecule has 7 nitrogen and oxygen atoms in total. The van der Waals surface area contributed by atoms with Crippen molar-refractivity contribution < 1.29 is 28.6 Å². The minimum atomic E-state index is -0.545. The molecule has 0 bridgehead atoms. The number of thioether (sulfide) groups is 1. The van der Waals surface area contributed by atoms with Crippen LogP contribution < -0.4 is 14.8 Å². The normalized spacial score (nSPS) is 11.8. The van der Waals surface area contributed by atoms with Crippen LogP contribution in [0.15, 0.2) is 35.2 Å². The van der Waals surface area contributed by atoms with Crippen molar-refractivity contribution in [1.82, 2.24) is 0 Å². The van der Waals surface area contributed by atoms with Crippen LogP contribution in [0.25, 0.3) is 0 Å². The van der Waals surface area contributed by atoms with Gasteiger partial charge in [-0.05, 0) is 38.5 Å². The van der Waals surface area contributed by atoms with Crippen molar-refractivity contribution in [2.24, 2.45) is 0 Å². The van der Waals surface area contributed by atoms with Gasteiger partial charge in [-0.2, -0.15) is 0 Å². The summed E-state index contributed by atoms with van der Waals surface area (Å²) in [7, 11) is 0. The minimum absolute atomic E-state index is 0.0554. The van der Waals surface area contributed by atoms with E-state index in [4.69, 9.17) is 14.2 Å². The fraction of sp³-hybridized carbons (Fsp3) is 0.286. The van der Waals surface area contributed by atoms with Gasteiger partial charge in [0.05, 0.1) is 11.4 Å². The van der Waals surface area contributed by atoms with E-state index in [2.05, 4.69) is 5.32 Å². The molecular weight excluding hydrogens is 394 g/mol. The van der Waals surface area contributed by atoms with Gasteiger partial charge in [0.2, 0.25) is 6.79 Å². The van der Waals surface area contributed by atoms with E-state index < -0.39 is 18.5 Å². The molecule has 1 N–H and O–H groups in total.